The van der Waals surface area contributed by atoms with Gasteiger partial charge in [0, 0.05) is 11.1 Å². The fourth-order valence-electron chi connectivity index (χ4n) is 0.721. The molecule has 0 unspecified atom stereocenters. The van der Waals surface area contributed by atoms with Crippen molar-refractivity contribution in [3.05, 3.63) is 23.2 Å². The number of hydrogen-bond donors (Lipinski definition) is 1. The molecule has 0 saturated carbocycles. The maximum Gasteiger partial charge on any atom is 0.573 e. The number of nitrogen functional groups attached to an aromatic ring is 1. The van der Waals surface area contributed by atoms with Gasteiger partial charge in [-0.15, -0.1) is 13.2 Å². The minimum Gasteiger partial charge on any atom is -0.404 e. The highest BCUT2D eigenvalue weighted by molar-refractivity contribution is 6.30. The molecule has 0 atom stereocenters. The normalized spacial score (nSPS) is 11.4. The van der Waals surface area contributed by atoms with E-state index in [2.05, 4.69) is 4.74 Å². The van der Waals surface area contributed by atoms with Gasteiger partial charge in [-0.3, -0.25) is 0 Å². The minimum absolute atomic E-state index is 0.110. The molecule has 1 aromatic rings. The summed E-state index contributed by atoms with van der Waals surface area (Å²) in [5.41, 5.74) is 5.10. The molecule has 0 fully saturated rings. The summed E-state index contributed by atoms with van der Waals surface area (Å²) >= 11 is 5.44. The van der Waals surface area contributed by atoms with Crippen molar-refractivity contribution < 1.29 is 17.9 Å². The standard InChI is InChI=1S/C7H5ClF3NO/c8-4-1-2-5(12)6(3-4)13-7(9,10)11/h1-3H,12H2. The van der Waals surface area contributed by atoms with Crippen molar-refractivity contribution in [3.8, 4) is 5.75 Å². The fourth-order valence-corrected chi connectivity index (χ4v) is 0.883. The Morgan fingerprint density at radius 1 is 1.31 bits per heavy atom. The van der Waals surface area contributed by atoms with Crippen molar-refractivity contribution in [3.63, 3.8) is 0 Å². The zero-order valence-corrected chi connectivity index (χ0v) is 6.99. The van der Waals surface area contributed by atoms with Crippen LogP contribution in [0.4, 0.5) is 18.9 Å². The molecule has 13 heavy (non-hydrogen) atoms. The van der Waals surface area contributed by atoms with E-state index in [1.54, 1.807) is 0 Å². The van der Waals surface area contributed by atoms with E-state index in [1.807, 2.05) is 0 Å². The van der Waals surface area contributed by atoms with Gasteiger partial charge in [-0.25, -0.2) is 0 Å². The summed E-state index contributed by atoms with van der Waals surface area (Å²) in [5, 5.41) is 0.133. The number of alkyl halides is 3. The number of benzene rings is 1. The van der Waals surface area contributed by atoms with Gasteiger partial charge < -0.3 is 10.5 Å². The zero-order chi connectivity index (χ0) is 10.1. The number of rotatable bonds is 1. The molecular weight excluding hydrogens is 207 g/mol. The van der Waals surface area contributed by atoms with Crippen LogP contribution in [0.1, 0.15) is 0 Å². The van der Waals surface area contributed by atoms with Gasteiger partial charge in [0.15, 0.2) is 5.75 Å². The Hall–Kier alpha value is -1.10. The molecule has 0 radical (unpaired) electrons. The van der Waals surface area contributed by atoms with E-state index >= 15 is 0 Å². The lowest BCUT2D eigenvalue weighted by Gasteiger charge is -2.10. The van der Waals surface area contributed by atoms with Crippen molar-refractivity contribution in [1.29, 1.82) is 0 Å². The third kappa shape index (κ3) is 3.02. The highest BCUT2D eigenvalue weighted by atomic mass is 35.5. The molecule has 0 aliphatic rings. The van der Waals surface area contributed by atoms with Gasteiger partial charge in [0.2, 0.25) is 0 Å². The molecule has 2 nitrogen and oxygen atoms in total. The second kappa shape index (κ2) is 3.33. The Kier molecular flexibility index (Phi) is 2.56. The van der Waals surface area contributed by atoms with E-state index in [-0.39, 0.29) is 10.7 Å². The van der Waals surface area contributed by atoms with Crippen molar-refractivity contribution in [2.24, 2.45) is 0 Å². The first-order valence-electron chi connectivity index (χ1n) is 3.19. The molecule has 0 spiro atoms. The minimum atomic E-state index is -4.75. The van der Waals surface area contributed by atoms with Crippen LogP contribution in [-0.4, -0.2) is 6.36 Å². The maximum atomic E-state index is 11.7. The molecular formula is C7H5ClF3NO. The number of halogens is 4. The third-order valence-corrected chi connectivity index (χ3v) is 1.44. The van der Waals surface area contributed by atoms with Gasteiger partial charge in [0.05, 0.1) is 5.69 Å². The predicted octanol–water partition coefficient (Wildman–Crippen LogP) is 2.82. The lowest BCUT2D eigenvalue weighted by Crippen LogP contribution is -2.17. The van der Waals surface area contributed by atoms with Crippen molar-refractivity contribution >= 4 is 17.3 Å². The third-order valence-electron chi connectivity index (χ3n) is 1.20. The Labute approximate surface area is 77.0 Å². The Morgan fingerprint density at radius 2 is 1.92 bits per heavy atom. The maximum absolute atomic E-state index is 11.7. The zero-order valence-electron chi connectivity index (χ0n) is 6.23. The van der Waals surface area contributed by atoms with E-state index in [9.17, 15) is 13.2 Å². The van der Waals surface area contributed by atoms with E-state index in [1.165, 1.54) is 12.1 Å². The largest absolute Gasteiger partial charge is 0.573 e. The fraction of sp³-hybridized carbons (Fsp3) is 0.143. The Balaban J connectivity index is 2.94. The quantitative estimate of drug-likeness (QED) is 0.725. The summed E-state index contributed by atoms with van der Waals surface area (Å²) in [6, 6.07) is 3.62. The molecule has 0 aliphatic carbocycles. The molecule has 72 valence electrons. The summed E-state index contributed by atoms with van der Waals surface area (Å²) in [5.74, 6) is -0.486. The van der Waals surface area contributed by atoms with Gasteiger partial charge in [-0.2, -0.15) is 0 Å². The smallest absolute Gasteiger partial charge is 0.404 e. The highest BCUT2D eigenvalue weighted by Gasteiger charge is 2.31. The van der Waals surface area contributed by atoms with E-state index < -0.39 is 12.1 Å². The van der Waals surface area contributed by atoms with Crippen LogP contribution >= 0.6 is 11.6 Å². The molecule has 0 heterocycles. The van der Waals surface area contributed by atoms with Crippen LogP contribution in [0.3, 0.4) is 0 Å². The Bertz CT molecular complexity index is 313. The molecule has 1 aromatic carbocycles. The monoisotopic (exact) mass is 211 g/mol. The van der Waals surface area contributed by atoms with Gasteiger partial charge in [0.1, 0.15) is 0 Å². The SMILES string of the molecule is Nc1ccc(Cl)cc1OC(F)(F)F. The van der Waals surface area contributed by atoms with Crippen LogP contribution in [0.2, 0.25) is 5.02 Å². The van der Waals surface area contributed by atoms with E-state index in [0.29, 0.717) is 0 Å². The predicted molar refractivity (Wildman–Crippen MR) is 42.5 cm³/mol. The first-order chi connectivity index (χ1) is 5.88. The summed E-state index contributed by atoms with van der Waals surface area (Å²) < 4.78 is 38.8. The Morgan fingerprint density at radius 3 is 2.46 bits per heavy atom. The highest BCUT2D eigenvalue weighted by Crippen LogP contribution is 2.30. The second-order valence-corrected chi connectivity index (χ2v) is 2.67. The molecule has 0 aliphatic heterocycles. The summed E-state index contributed by atoms with van der Waals surface area (Å²) in [6.45, 7) is 0. The summed E-state index contributed by atoms with van der Waals surface area (Å²) in [7, 11) is 0. The van der Waals surface area contributed by atoms with Crippen LogP contribution in [0, 0.1) is 0 Å². The second-order valence-electron chi connectivity index (χ2n) is 2.23. The lowest BCUT2D eigenvalue weighted by atomic mass is 10.3. The molecule has 0 amide bonds. The lowest BCUT2D eigenvalue weighted by molar-refractivity contribution is -0.274. The van der Waals surface area contributed by atoms with Gasteiger partial charge in [-0.1, -0.05) is 11.6 Å². The van der Waals surface area contributed by atoms with Gasteiger partial charge >= 0.3 is 6.36 Å². The summed E-state index contributed by atoms with van der Waals surface area (Å²) in [6.07, 6.45) is -4.75. The van der Waals surface area contributed by atoms with Crippen LogP contribution in [-0.2, 0) is 0 Å². The van der Waals surface area contributed by atoms with Gasteiger partial charge in [-0.05, 0) is 12.1 Å². The first kappa shape index (κ1) is 9.98. The van der Waals surface area contributed by atoms with Crippen LogP contribution in [0.25, 0.3) is 0 Å². The number of ether oxygens (including phenoxy) is 1. The average molecular weight is 212 g/mol. The molecule has 0 aromatic heterocycles. The van der Waals surface area contributed by atoms with Crippen LogP contribution < -0.4 is 10.5 Å². The van der Waals surface area contributed by atoms with Gasteiger partial charge in [0.25, 0.3) is 0 Å². The molecule has 2 N–H and O–H groups in total. The molecule has 1 rings (SSSR count). The first-order valence-corrected chi connectivity index (χ1v) is 3.57. The number of anilines is 1. The molecule has 0 bridgehead atoms. The van der Waals surface area contributed by atoms with Crippen LogP contribution in [0.5, 0.6) is 5.75 Å². The van der Waals surface area contributed by atoms with Crippen molar-refractivity contribution in [2.75, 3.05) is 5.73 Å². The molecule has 0 saturated heterocycles. The number of hydrogen-bond acceptors (Lipinski definition) is 2. The van der Waals surface area contributed by atoms with Crippen molar-refractivity contribution in [1.82, 2.24) is 0 Å². The topological polar surface area (TPSA) is 35.2 Å². The average Bonchev–Trinajstić information content (AvgIpc) is 1.94. The molecule has 6 heteroatoms. The number of nitrogens with two attached hydrogens (primary N) is 1. The summed E-state index contributed by atoms with van der Waals surface area (Å²) in [4.78, 5) is 0. The van der Waals surface area contributed by atoms with E-state index in [4.69, 9.17) is 17.3 Å². The van der Waals surface area contributed by atoms with Crippen molar-refractivity contribution in [2.45, 2.75) is 6.36 Å². The van der Waals surface area contributed by atoms with Crippen LogP contribution in [0.15, 0.2) is 18.2 Å². The van der Waals surface area contributed by atoms with E-state index in [0.717, 1.165) is 6.07 Å².